The average Bonchev–Trinajstić information content (AvgIpc) is 1.81. The number of rotatable bonds is 4. The lowest BCUT2D eigenvalue weighted by Gasteiger charge is -1.86. The summed E-state index contributed by atoms with van der Waals surface area (Å²) in [4.78, 5) is 3.21. The third-order valence-electron chi connectivity index (χ3n) is 0.904. The molecule has 0 aromatic rings. The van der Waals surface area contributed by atoms with Crippen molar-refractivity contribution in [2.75, 3.05) is 12.4 Å². The molecule has 0 radical (unpaired) electrons. The summed E-state index contributed by atoms with van der Waals surface area (Å²) in [6, 6.07) is 0. The fraction of sp³-hybridized carbons (Fsp3) is 0.833. The monoisotopic (exact) mass is 131 g/mol. The average molecular weight is 132 g/mol. The summed E-state index contributed by atoms with van der Waals surface area (Å²) in [6.07, 6.45) is 3.17. The van der Waals surface area contributed by atoms with Crippen molar-refractivity contribution in [3.8, 4) is 0 Å². The molecule has 0 saturated heterocycles. The summed E-state index contributed by atoms with van der Waals surface area (Å²) >= 11 is 5.40. The van der Waals surface area contributed by atoms with E-state index in [1.807, 2.05) is 0 Å². The molecule has 0 unspecified atom stereocenters. The molecule has 0 atom stereocenters. The lowest BCUT2D eigenvalue weighted by Crippen LogP contribution is -1.79. The van der Waals surface area contributed by atoms with Crippen molar-refractivity contribution in [3.05, 3.63) is 11.4 Å². The van der Waals surface area contributed by atoms with Gasteiger partial charge in [0, 0.05) is 12.3 Å². The van der Waals surface area contributed by atoms with Crippen molar-refractivity contribution >= 4 is 11.6 Å². The Kier molecular flexibility index (Phi) is 6.59. The Morgan fingerprint density at radius 3 is 2.50 bits per heavy atom. The summed E-state index contributed by atoms with van der Waals surface area (Å²) in [5.41, 5.74) is 0. The highest BCUT2D eigenvalue weighted by molar-refractivity contribution is 6.17. The van der Waals surface area contributed by atoms with Crippen LogP contribution in [-0.4, -0.2) is 12.4 Å². The molecule has 2 heteroatoms. The Bertz CT molecular complexity index is 75.1. The maximum atomic E-state index is 6.43. The molecule has 0 rings (SSSR count). The first kappa shape index (κ1) is 7.78. The van der Waals surface area contributed by atoms with Gasteiger partial charge in [0.25, 0.3) is 0 Å². The number of hydrogen-bond donors (Lipinski definition) is 0. The fourth-order valence-corrected chi connectivity index (χ4v) is 0.651. The molecule has 0 saturated carbocycles. The van der Waals surface area contributed by atoms with E-state index < -0.39 is 0 Å². The molecule has 0 heterocycles. The van der Waals surface area contributed by atoms with E-state index in [4.69, 9.17) is 18.2 Å². The zero-order chi connectivity index (χ0) is 6.24. The van der Waals surface area contributed by atoms with E-state index in [1.54, 1.807) is 0 Å². The van der Waals surface area contributed by atoms with Gasteiger partial charge in [-0.15, -0.1) is 11.6 Å². The predicted molar refractivity (Wildman–Crippen MR) is 36.0 cm³/mol. The number of halogens is 1. The minimum atomic E-state index is 0.664. The summed E-state index contributed by atoms with van der Waals surface area (Å²) in [5, 5.41) is 0. The van der Waals surface area contributed by atoms with Gasteiger partial charge in [-0.25, -0.2) is 6.57 Å². The highest BCUT2D eigenvalue weighted by atomic mass is 35.5. The van der Waals surface area contributed by atoms with Gasteiger partial charge in [-0.1, -0.05) is 0 Å². The van der Waals surface area contributed by atoms with Gasteiger partial charge < -0.3 is 4.85 Å². The molecule has 0 bridgehead atoms. The zero-order valence-electron chi connectivity index (χ0n) is 4.86. The lowest BCUT2D eigenvalue weighted by molar-refractivity contribution is 0.761. The molecule has 0 amide bonds. The number of nitrogens with zero attached hydrogens (tertiary/aromatic N) is 1. The van der Waals surface area contributed by atoms with Crippen LogP contribution in [0.25, 0.3) is 4.85 Å². The van der Waals surface area contributed by atoms with Crippen LogP contribution in [0.5, 0.6) is 0 Å². The Morgan fingerprint density at radius 1 is 1.25 bits per heavy atom. The highest BCUT2D eigenvalue weighted by Gasteiger charge is 1.86. The molecular weight excluding hydrogens is 122 g/mol. The quantitative estimate of drug-likeness (QED) is 0.313. The van der Waals surface area contributed by atoms with Crippen LogP contribution in [-0.2, 0) is 0 Å². The van der Waals surface area contributed by atoms with Gasteiger partial charge in [0.15, 0.2) is 0 Å². The summed E-state index contributed by atoms with van der Waals surface area (Å²) in [5.74, 6) is 0.734. The predicted octanol–water partition coefficient (Wildman–Crippen LogP) is 2.31. The zero-order valence-corrected chi connectivity index (χ0v) is 5.62. The van der Waals surface area contributed by atoms with E-state index in [9.17, 15) is 0 Å². The smallest absolute Gasteiger partial charge is 0.214 e. The van der Waals surface area contributed by atoms with Gasteiger partial charge in [-0.3, -0.25) is 0 Å². The summed E-state index contributed by atoms with van der Waals surface area (Å²) < 4.78 is 0. The molecule has 0 N–H and O–H groups in total. The number of alkyl halides is 1. The van der Waals surface area contributed by atoms with E-state index in [0.29, 0.717) is 6.54 Å². The molecule has 0 fully saturated rings. The molecule has 1 nitrogen and oxygen atoms in total. The molecular formula is C6H10ClN. The first-order chi connectivity index (χ1) is 3.91. The third kappa shape index (κ3) is 5.78. The molecule has 0 aliphatic rings. The van der Waals surface area contributed by atoms with Crippen molar-refractivity contribution in [1.29, 1.82) is 0 Å². The van der Waals surface area contributed by atoms with E-state index >= 15 is 0 Å². The van der Waals surface area contributed by atoms with Crippen LogP contribution < -0.4 is 0 Å². The first-order valence-electron chi connectivity index (χ1n) is 2.81. The minimum absolute atomic E-state index is 0.664. The normalized spacial score (nSPS) is 8.50. The standard InChI is InChI=1S/C6H10ClN/c1-8-6-4-2-3-5-7/h2-6H2. The van der Waals surface area contributed by atoms with Crippen LogP contribution in [0.1, 0.15) is 19.3 Å². The van der Waals surface area contributed by atoms with E-state index in [0.717, 1.165) is 25.1 Å². The van der Waals surface area contributed by atoms with Gasteiger partial charge in [-0.2, -0.15) is 0 Å². The van der Waals surface area contributed by atoms with E-state index in [1.165, 1.54) is 0 Å². The maximum absolute atomic E-state index is 6.43. The Morgan fingerprint density at radius 2 is 2.00 bits per heavy atom. The van der Waals surface area contributed by atoms with Gasteiger partial charge in [0.05, 0.1) is 0 Å². The van der Waals surface area contributed by atoms with Crippen LogP contribution in [0.4, 0.5) is 0 Å². The third-order valence-corrected chi connectivity index (χ3v) is 1.17. The fourth-order valence-electron chi connectivity index (χ4n) is 0.462. The molecule has 0 aliphatic heterocycles. The van der Waals surface area contributed by atoms with Crippen LogP contribution in [0.3, 0.4) is 0 Å². The van der Waals surface area contributed by atoms with Gasteiger partial charge >= 0.3 is 0 Å². The SMILES string of the molecule is [C-]#[N+]CCCCCCl. The molecule has 0 aromatic heterocycles. The second-order valence-corrected chi connectivity index (χ2v) is 2.01. The summed E-state index contributed by atoms with van der Waals surface area (Å²) in [6.45, 7) is 7.09. The van der Waals surface area contributed by atoms with Crippen molar-refractivity contribution in [2.45, 2.75) is 19.3 Å². The number of unbranched alkanes of at least 4 members (excludes halogenated alkanes) is 2. The largest absolute Gasteiger partial charge is 0.317 e. The number of hydrogen-bond acceptors (Lipinski definition) is 0. The van der Waals surface area contributed by atoms with Gasteiger partial charge in [0.1, 0.15) is 0 Å². The van der Waals surface area contributed by atoms with Gasteiger partial charge in [0.2, 0.25) is 6.54 Å². The molecule has 0 aromatic carbocycles. The maximum Gasteiger partial charge on any atom is 0.214 e. The Labute approximate surface area is 55.5 Å². The van der Waals surface area contributed by atoms with Gasteiger partial charge in [-0.05, 0) is 12.8 Å². The van der Waals surface area contributed by atoms with Crippen molar-refractivity contribution in [2.24, 2.45) is 0 Å². The topological polar surface area (TPSA) is 4.36 Å². The molecule has 46 valence electrons. The Hall–Kier alpha value is -0.220. The van der Waals surface area contributed by atoms with Crippen LogP contribution in [0.2, 0.25) is 0 Å². The first-order valence-corrected chi connectivity index (χ1v) is 3.34. The Balaban J connectivity index is 2.65. The van der Waals surface area contributed by atoms with E-state index in [-0.39, 0.29) is 0 Å². The second-order valence-electron chi connectivity index (χ2n) is 1.63. The van der Waals surface area contributed by atoms with Crippen LogP contribution >= 0.6 is 11.6 Å². The molecule has 8 heavy (non-hydrogen) atoms. The minimum Gasteiger partial charge on any atom is -0.317 e. The van der Waals surface area contributed by atoms with Crippen molar-refractivity contribution < 1.29 is 0 Å². The van der Waals surface area contributed by atoms with Crippen LogP contribution in [0.15, 0.2) is 0 Å². The van der Waals surface area contributed by atoms with Crippen molar-refractivity contribution in [3.63, 3.8) is 0 Å². The molecule has 0 spiro atoms. The lowest BCUT2D eigenvalue weighted by atomic mass is 10.2. The highest BCUT2D eigenvalue weighted by Crippen LogP contribution is 1.96. The second kappa shape index (κ2) is 6.78. The van der Waals surface area contributed by atoms with Crippen molar-refractivity contribution in [1.82, 2.24) is 0 Å². The van der Waals surface area contributed by atoms with Crippen LogP contribution in [0, 0.1) is 6.57 Å². The van der Waals surface area contributed by atoms with E-state index in [2.05, 4.69) is 4.85 Å². The molecule has 0 aliphatic carbocycles. The summed E-state index contributed by atoms with van der Waals surface area (Å²) in [7, 11) is 0.